The third kappa shape index (κ3) is 1.39. The lowest BCUT2D eigenvalue weighted by Gasteiger charge is -2.05. The molecule has 2 unspecified atom stereocenters. The quantitative estimate of drug-likeness (QED) is 0.823. The molecule has 0 amide bonds. The van der Waals surface area contributed by atoms with Gasteiger partial charge in [-0.25, -0.2) is 4.39 Å². The van der Waals surface area contributed by atoms with E-state index in [1.165, 1.54) is 12.1 Å². The van der Waals surface area contributed by atoms with E-state index in [0.29, 0.717) is 5.92 Å². The lowest BCUT2D eigenvalue weighted by atomic mass is 10.0. The summed E-state index contributed by atoms with van der Waals surface area (Å²) in [5, 5.41) is 0. The minimum atomic E-state index is -0.215. The molecule has 14 heavy (non-hydrogen) atoms. The fourth-order valence-corrected chi connectivity index (χ4v) is 2.62. The maximum absolute atomic E-state index is 12.9. The van der Waals surface area contributed by atoms with Gasteiger partial charge in [0.2, 0.25) is 0 Å². The van der Waals surface area contributed by atoms with Gasteiger partial charge >= 0.3 is 0 Å². The molecular weight excluding hydrogens is 245 g/mol. The van der Waals surface area contributed by atoms with Crippen molar-refractivity contribution in [2.24, 2.45) is 11.1 Å². The first-order chi connectivity index (χ1) is 6.44. The predicted octanol–water partition coefficient (Wildman–Crippen LogP) is 3.04. The highest BCUT2D eigenvalue weighted by atomic mass is 79.9. The van der Waals surface area contributed by atoms with E-state index in [4.69, 9.17) is 5.73 Å². The first-order valence-electron chi connectivity index (χ1n) is 4.65. The van der Waals surface area contributed by atoms with Crippen LogP contribution in [0.4, 0.5) is 4.39 Å². The molecule has 2 N–H and O–H groups in total. The van der Waals surface area contributed by atoms with E-state index in [1.54, 1.807) is 0 Å². The van der Waals surface area contributed by atoms with Crippen LogP contribution < -0.4 is 5.73 Å². The van der Waals surface area contributed by atoms with Crippen LogP contribution in [-0.2, 0) is 0 Å². The Bertz CT molecular complexity index is 376. The molecule has 0 aliphatic heterocycles. The van der Waals surface area contributed by atoms with Crippen LogP contribution in [0.15, 0.2) is 22.7 Å². The molecule has 1 aromatic rings. The Morgan fingerprint density at radius 3 is 2.43 bits per heavy atom. The van der Waals surface area contributed by atoms with E-state index in [-0.39, 0.29) is 17.3 Å². The molecular formula is C11H13BrFN. The van der Waals surface area contributed by atoms with Crippen LogP contribution in [0.2, 0.25) is 0 Å². The van der Waals surface area contributed by atoms with Gasteiger partial charge in [-0.05, 0) is 23.1 Å². The van der Waals surface area contributed by atoms with E-state index in [0.717, 1.165) is 10.0 Å². The number of halogens is 2. The lowest BCUT2D eigenvalue weighted by Crippen LogP contribution is -2.06. The Labute approximate surface area is 91.6 Å². The van der Waals surface area contributed by atoms with Gasteiger partial charge in [-0.2, -0.15) is 0 Å². The highest BCUT2D eigenvalue weighted by molar-refractivity contribution is 9.10. The molecule has 76 valence electrons. The zero-order valence-electron chi connectivity index (χ0n) is 8.22. The van der Waals surface area contributed by atoms with Crippen LogP contribution in [0.25, 0.3) is 0 Å². The van der Waals surface area contributed by atoms with E-state index >= 15 is 0 Å². The molecule has 2 rings (SSSR count). The topological polar surface area (TPSA) is 26.0 Å². The van der Waals surface area contributed by atoms with E-state index in [1.807, 2.05) is 6.07 Å². The second-order valence-electron chi connectivity index (χ2n) is 4.49. The Balaban J connectivity index is 2.36. The van der Waals surface area contributed by atoms with Crippen molar-refractivity contribution < 1.29 is 4.39 Å². The van der Waals surface area contributed by atoms with Crippen molar-refractivity contribution in [3.63, 3.8) is 0 Å². The molecule has 1 nitrogen and oxygen atoms in total. The smallest absolute Gasteiger partial charge is 0.124 e. The third-order valence-electron chi connectivity index (χ3n) is 3.21. The number of rotatable bonds is 1. The van der Waals surface area contributed by atoms with Crippen molar-refractivity contribution >= 4 is 15.9 Å². The second kappa shape index (κ2) is 3.04. The summed E-state index contributed by atoms with van der Waals surface area (Å²) in [5.74, 6) is 0.130. The SMILES string of the molecule is CC1(C)C(N)C1c1ccc(F)cc1Br. The van der Waals surface area contributed by atoms with E-state index in [9.17, 15) is 4.39 Å². The molecule has 0 radical (unpaired) electrons. The summed E-state index contributed by atoms with van der Waals surface area (Å²) >= 11 is 3.37. The number of nitrogens with two attached hydrogens (primary N) is 1. The molecule has 1 fully saturated rings. The van der Waals surface area contributed by atoms with Crippen molar-refractivity contribution in [1.29, 1.82) is 0 Å². The normalized spacial score (nSPS) is 28.9. The van der Waals surface area contributed by atoms with Crippen molar-refractivity contribution in [3.05, 3.63) is 34.1 Å². The maximum atomic E-state index is 12.9. The van der Waals surface area contributed by atoms with Gasteiger partial charge < -0.3 is 5.73 Å². The van der Waals surface area contributed by atoms with Crippen LogP contribution in [0.3, 0.4) is 0 Å². The van der Waals surface area contributed by atoms with Gasteiger partial charge in [-0.15, -0.1) is 0 Å². The molecule has 0 spiro atoms. The third-order valence-corrected chi connectivity index (χ3v) is 3.89. The zero-order chi connectivity index (χ0) is 10.5. The van der Waals surface area contributed by atoms with Crippen LogP contribution in [0.5, 0.6) is 0 Å². The largest absolute Gasteiger partial charge is 0.327 e. The van der Waals surface area contributed by atoms with E-state index < -0.39 is 0 Å². The average molecular weight is 258 g/mol. The van der Waals surface area contributed by atoms with Gasteiger partial charge in [0, 0.05) is 16.4 Å². The highest BCUT2D eigenvalue weighted by Crippen LogP contribution is 2.58. The minimum absolute atomic E-state index is 0.139. The number of benzene rings is 1. The van der Waals surface area contributed by atoms with Crippen molar-refractivity contribution in [1.82, 2.24) is 0 Å². The maximum Gasteiger partial charge on any atom is 0.124 e. The minimum Gasteiger partial charge on any atom is -0.327 e. The standard InChI is InChI=1S/C11H13BrFN/c1-11(2)9(10(11)14)7-4-3-6(13)5-8(7)12/h3-5,9-10H,14H2,1-2H3. The molecule has 0 bridgehead atoms. The predicted molar refractivity (Wildman–Crippen MR) is 58.6 cm³/mol. The second-order valence-corrected chi connectivity index (χ2v) is 5.34. The summed E-state index contributed by atoms with van der Waals surface area (Å²) in [5.41, 5.74) is 7.22. The Kier molecular flexibility index (Phi) is 2.20. The molecule has 1 aromatic carbocycles. The Hall–Kier alpha value is -0.410. The van der Waals surface area contributed by atoms with E-state index in [2.05, 4.69) is 29.8 Å². The molecule has 2 atom stereocenters. The monoisotopic (exact) mass is 257 g/mol. The van der Waals surface area contributed by atoms with Gasteiger partial charge in [0.25, 0.3) is 0 Å². The van der Waals surface area contributed by atoms with Gasteiger partial charge in [0.15, 0.2) is 0 Å². The molecule has 1 aliphatic carbocycles. The van der Waals surface area contributed by atoms with Crippen LogP contribution in [0.1, 0.15) is 25.3 Å². The van der Waals surface area contributed by atoms with Crippen LogP contribution >= 0.6 is 15.9 Å². The molecule has 0 heterocycles. The van der Waals surface area contributed by atoms with Crippen LogP contribution in [0, 0.1) is 11.2 Å². The zero-order valence-corrected chi connectivity index (χ0v) is 9.81. The first-order valence-corrected chi connectivity index (χ1v) is 5.44. The average Bonchev–Trinajstić information content (AvgIpc) is 2.54. The van der Waals surface area contributed by atoms with Gasteiger partial charge in [0.1, 0.15) is 5.82 Å². The van der Waals surface area contributed by atoms with Crippen molar-refractivity contribution in [2.75, 3.05) is 0 Å². The summed E-state index contributed by atoms with van der Waals surface area (Å²) < 4.78 is 13.7. The highest BCUT2D eigenvalue weighted by Gasteiger charge is 2.56. The fourth-order valence-electron chi connectivity index (χ4n) is 2.03. The summed E-state index contributed by atoms with van der Waals surface area (Å²) in [7, 11) is 0. The first kappa shape index (κ1) is 10.1. The van der Waals surface area contributed by atoms with Crippen molar-refractivity contribution in [2.45, 2.75) is 25.8 Å². The lowest BCUT2D eigenvalue weighted by molar-refractivity contribution is 0.596. The summed E-state index contributed by atoms with van der Waals surface area (Å²) in [4.78, 5) is 0. The summed E-state index contributed by atoms with van der Waals surface area (Å²) in [6, 6.07) is 4.99. The fraction of sp³-hybridized carbons (Fsp3) is 0.455. The summed E-state index contributed by atoms with van der Waals surface area (Å²) in [6.45, 7) is 4.27. The molecule has 0 aromatic heterocycles. The van der Waals surface area contributed by atoms with Crippen LogP contribution in [-0.4, -0.2) is 6.04 Å². The Morgan fingerprint density at radius 1 is 1.43 bits per heavy atom. The van der Waals surface area contributed by atoms with Gasteiger partial charge in [-0.3, -0.25) is 0 Å². The molecule has 0 saturated heterocycles. The number of hydrogen-bond acceptors (Lipinski definition) is 1. The van der Waals surface area contributed by atoms with Gasteiger partial charge in [-0.1, -0.05) is 35.8 Å². The molecule has 1 saturated carbocycles. The van der Waals surface area contributed by atoms with Gasteiger partial charge in [0.05, 0.1) is 0 Å². The summed E-state index contributed by atoms with van der Waals surface area (Å²) in [6.07, 6.45) is 0. The Morgan fingerprint density at radius 2 is 2.00 bits per heavy atom. The molecule has 3 heteroatoms. The van der Waals surface area contributed by atoms with Crippen molar-refractivity contribution in [3.8, 4) is 0 Å². The molecule has 1 aliphatic rings. The number of hydrogen-bond donors (Lipinski definition) is 1.